The van der Waals surface area contributed by atoms with Crippen LogP contribution in [0.5, 0.6) is 5.75 Å². The molecule has 1 fully saturated rings. The van der Waals surface area contributed by atoms with Crippen molar-refractivity contribution in [2.75, 3.05) is 13.7 Å². The van der Waals surface area contributed by atoms with Gasteiger partial charge in [0, 0.05) is 11.4 Å². The minimum absolute atomic E-state index is 0.0383. The Balaban J connectivity index is 1.24. The van der Waals surface area contributed by atoms with E-state index in [1.165, 1.54) is 12.7 Å². The molecule has 0 bridgehead atoms. The van der Waals surface area contributed by atoms with Crippen LogP contribution in [-0.2, 0) is 11.2 Å². The maximum Gasteiger partial charge on any atom is 0.279 e. The van der Waals surface area contributed by atoms with Gasteiger partial charge in [-0.2, -0.15) is 9.78 Å². The highest BCUT2D eigenvalue weighted by atomic mass is 35.5. The van der Waals surface area contributed by atoms with Gasteiger partial charge in [-0.05, 0) is 67.9 Å². The topological polar surface area (TPSA) is 102 Å². The van der Waals surface area contributed by atoms with Gasteiger partial charge in [-0.1, -0.05) is 60.1 Å². The molecule has 0 saturated heterocycles. The molecule has 5 rings (SSSR count). The summed E-state index contributed by atoms with van der Waals surface area (Å²) in [6.07, 6.45) is 5.00. The molecule has 40 heavy (non-hydrogen) atoms. The quantitative estimate of drug-likeness (QED) is 0.326. The van der Waals surface area contributed by atoms with Crippen molar-refractivity contribution in [1.82, 2.24) is 20.4 Å². The van der Waals surface area contributed by atoms with Crippen LogP contribution in [0.3, 0.4) is 0 Å². The SMILES string of the molecule is COc1ccc(-n2nc(C(=O)NCC(=O)NC3CCC(Cc4ccccc4)CC3)c3ccccc3c2=O)cc1Cl. The van der Waals surface area contributed by atoms with Gasteiger partial charge in [-0.15, -0.1) is 0 Å². The molecule has 2 N–H and O–H groups in total. The third kappa shape index (κ3) is 6.18. The lowest BCUT2D eigenvalue weighted by Gasteiger charge is -2.29. The fraction of sp³-hybridized carbons (Fsp3) is 0.290. The first-order valence-electron chi connectivity index (χ1n) is 13.4. The van der Waals surface area contributed by atoms with E-state index >= 15 is 0 Å². The summed E-state index contributed by atoms with van der Waals surface area (Å²) in [5, 5.41) is 11.1. The molecule has 2 amide bonds. The van der Waals surface area contributed by atoms with E-state index in [-0.39, 0.29) is 24.2 Å². The fourth-order valence-corrected chi connectivity index (χ4v) is 5.55. The number of methoxy groups -OCH3 is 1. The van der Waals surface area contributed by atoms with E-state index in [2.05, 4.69) is 40.0 Å². The monoisotopic (exact) mass is 558 g/mol. The number of aromatic nitrogens is 2. The number of halogens is 1. The van der Waals surface area contributed by atoms with E-state index in [1.54, 1.807) is 42.5 Å². The Kier molecular flexibility index (Phi) is 8.45. The van der Waals surface area contributed by atoms with Gasteiger partial charge in [0.25, 0.3) is 11.5 Å². The summed E-state index contributed by atoms with van der Waals surface area (Å²) in [7, 11) is 1.50. The maximum absolute atomic E-state index is 13.2. The molecule has 0 aliphatic heterocycles. The van der Waals surface area contributed by atoms with Crippen molar-refractivity contribution in [2.45, 2.75) is 38.1 Å². The van der Waals surface area contributed by atoms with Crippen LogP contribution in [0.1, 0.15) is 41.7 Å². The zero-order valence-corrected chi connectivity index (χ0v) is 23.0. The van der Waals surface area contributed by atoms with E-state index in [9.17, 15) is 14.4 Å². The van der Waals surface area contributed by atoms with Crippen LogP contribution < -0.4 is 20.9 Å². The highest BCUT2D eigenvalue weighted by molar-refractivity contribution is 6.32. The van der Waals surface area contributed by atoms with Crippen LogP contribution in [0, 0.1) is 5.92 Å². The molecule has 1 aliphatic rings. The second kappa shape index (κ2) is 12.3. The van der Waals surface area contributed by atoms with Crippen molar-refractivity contribution >= 4 is 34.2 Å². The lowest BCUT2D eigenvalue weighted by Crippen LogP contribution is -2.43. The highest BCUT2D eigenvalue weighted by Crippen LogP contribution is 2.28. The smallest absolute Gasteiger partial charge is 0.279 e. The number of amides is 2. The molecular formula is C31H31ClN4O4. The number of hydrogen-bond donors (Lipinski definition) is 2. The summed E-state index contributed by atoms with van der Waals surface area (Å²) in [6, 6.07) is 22.1. The van der Waals surface area contributed by atoms with E-state index in [1.807, 2.05) is 6.07 Å². The second-order valence-electron chi connectivity index (χ2n) is 10.1. The lowest BCUT2D eigenvalue weighted by atomic mass is 9.82. The standard InChI is InChI=1S/C31H31ClN4O4/c1-40-27-16-15-23(18-26(27)32)36-31(39)25-10-6-5-9-24(25)29(35-36)30(38)33-19-28(37)34-22-13-11-21(12-14-22)17-20-7-3-2-4-8-20/h2-10,15-16,18,21-22H,11-14,17,19H2,1H3,(H,33,38)(H,34,37). The average Bonchev–Trinajstić information content (AvgIpc) is 2.98. The molecule has 1 saturated carbocycles. The first kappa shape index (κ1) is 27.4. The fourth-order valence-electron chi connectivity index (χ4n) is 5.30. The van der Waals surface area contributed by atoms with Gasteiger partial charge in [-0.3, -0.25) is 14.4 Å². The molecule has 3 aromatic carbocycles. The predicted molar refractivity (Wildman–Crippen MR) is 155 cm³/mol. The van der Waals surface area contributed by atoms with Crippen LogP contribution in [0.4, 0.5) is 0 Å². The molecule has 206 valence electrons. The number of fused-ring (bicyclic) bond motifs is 1. The molecule has 1 aromatic heterocycles. The van der Waals surface area contributed by atoms with E-state index in [0.717, 1.165) is 36.8 Å². The van der Waals surface area contributed by atoms with Gasteiger partial charge in [0.2, 0.25) is 5.91 Å². The molecular weight excluding hydrogens is 528 g/mol. The van der Waals surface area contributed by atoms with Gasteiger partial charge in [0.1, 0.15) is 5.75 Å². The molecule has 0 radical (unpaired) electrons. The number of nitrogens with one attached hydrogen (secondary N) is 2. The Hall–Kier alpha value is -4.17. The predicted octanol–water partition coefficient (Wildman–Crippen LogP) is 4.70. The number of carbonyl (C=O) groups excluding carboxylic acids is 2. The van der Waals surface area contributed by atoms with Gasteiger partial charge in [0.05, 0.1) is 29.8 Å². The van der Waals surface area contributed by atoms with Crippen molar-refractivity contribution in [3.8, 4) is 11.4 Å². The molecule has 0 atom stereocenters. The van der Waals surface area contributed by atoms with Crippen molar-refractivity contribution in [3.05, 3.63) is 99.4 Å². The van der Waals surface area contributed by atoms with Crippen LogP contribution >= 0.6 is 11.6 Å². The van der Waals surface area contributed by atoms with Crippen molar-refractivity contribution in [2.24, 2.45) is 5.92 Å². The Morgan fingerprint density at radius 2 is 1.68 bits per heavy atom. The van der Waals surface area contributed by atoms with Crippen LogP contribution in [0.25, 0.3) is 16.5 Å². The number of nitrogens with zero attached hydrogens (tertiary/aromatic N) is 2. The van der Waals surface area contributed by atoms with Crippen LogP contribution in [-0.4, -0.2) is 41.3 Å². The Morgan fingerprint density at radius 1 is 0.975 bits per heavy atom. The zero-order chi connectivity index (χ0) is 28.1. The molecule has 0 spiro atoms. The first-order chi connectivity index (χ1) is 19.4. The van der Waals surface area contributed by atoms with E-state index in [0.29, 0.717) is 33.1 Å². The van der Waals surface area contributed by atoms with E-state index < -0.39 is 11.5 Å². The number of benzene rings is 3. The summed E-state index contributed by atoms with van der Waals surface area (Å²) in [6.45, 7) is -0.188. The zero-order valence-electron chi connectivity index (χ0n) is 22.2. The van der Waals surface area contributed by atoms with Gasteiger partial charge in [-0.25, -0.2) is 0 Å². The Bertz CT molecular complexity index is 1580. The van der Waals surface area contributed by atoms with Gasteiger partial charge < -0.3 is 15.4 Å². The number of carbonyl (C=O) groups is 2. The van der Waals surface area contributed by atoms with Crippen LogP contribution in [0.15, 0.2) is 77.6 Å². The first-order valence-corrected chi connectivity index (χ1v) is 13.8. The Labute approximate surface area is 237 Å². The number of rotatable bonds is 8. The third-order valence-corrected chi connectivity index (χ3v) is 7.68. The summed E-state index contributed by atoms with van der Waals surface area (Å²) in [5.74, 6) is 0.268. The van der Waals surface area contributed by atoms with Crippen LogP contribution in [0.2, 0.25) is 5.02 Å². The average molecular weight is 559 g/mol. The summed E-state index contributed by atoms with van der Waals surface area (Å²) in [4.78, 5) is 39.1. The minimum atomic E-state index is -0.550. The van der Waals surface area contributed by atoms with Crippen molar-refractivity contribution < 1.29 is 14.3 Å². The largest absolute Gasteiger partial charge is 0.495 e. The van der Waals surface area contributed by atoms with E-state index in [4.69, 9.17) is 16.3 Å². The number of hydrogen-bond acceptors (Lipinski definition) is 5. The summed E-state index contributed by atoms with van der Waals surface area (Å²) < 4.78 is 6.33. The lowest BCUT2D eigenvalue weighted by molar-refractivity contribution is -0.121. The van der Waals surface area contributed by atoms with Crippen molar-refractivity contribution in [3.63, 3.8) is 0 Å². The van der Waals surface area contributed by atoms with Gasteiger partial charge >= 0.3 is 0 Å². The number of ether oxygens (including phenoxy) is 1. The molecule has 8 nitrogen and oxygen atoms in total. The molecule has 1 aliphatic carbocycles. The normalized spacial score (nSPS) is 16.9. The molecule has 9 heteroatoms. The molecule has 4 aromatic rings. The second-order valence-corrected chi connectivity index (χ2v) is 10.5. The molecule has 1 heterocycles. The third-order valence-electron chi connectivity index (χ3n) is 7.39. The molecule has 0 unspecified atom stereocenters. The maximum atomic E-state index is 13.2. The highest BCUT2D eigenvalue weighted by Gasteiger charge is 2.23. The summed E-state index contributed by atoms with van der Waals surface area (Å²) >= 11 is 6.27. The van der Waals surface area contributed by atoms with Crippen molar-refractivity contribution in [1.29, 1.82) is 0 Å². The minimum Gasteiger partial charge on any atom is -0.495 e. The Morgan fingerprint density at radius 3 is 2.38 bits per heavy atom. The van der Waals surface area contributed by atoms with Gasteiger partial charge in [0.15, 0.2) is 5.69 Å². The summed E-state index contributed by atoms with van der Waals surface area (Å²) in [5.41, 5.74) is 1.38.